The molecule has 3 aromatic rings. The van der Waals surface area contributed by atoms with E-state index in [2.05, 4.69) is 53.2 Å². The highest BCUT2D eigenvalue weighted by Crippen LogP contribution is 2.25. The predicted molar refractivity (Wildman–Crippen MR) is 105 cm³/mol. The van der Waals surface area contributed by atoms with E-state index in [1.165, 1.54) is 0 Å². The van der Waals surface area contributed by atoms with Crippen LogP contribution in [-0.2, 0) is 0 Å². The molecule has 1 aliphatic heterocycles. The largest absolute Gasteiger partial charge is 0.380 e. The second-order valence-corrected chi connectivity index (χ2v) is 7.34. The van der Waals surface area contributed by atoms with E-state index in [1.807, 2.05) is 37.5 Å². The van der Waals surface area contributed by atoms with Crippen LogP contribution in [0.1, 0.15) is 18.5 Å². The number of hydrogen-bond donors (Lipinski definition) is 1. The van der Waals surface area contributed by atoms with Gasteiger partial charge in [-0.05, 0) is 60.0 Å². The number of pyridine rings is 3. The van der Waals surface area contributed by atoms with Crippen LogP contribution < -0.4 is 10.2 Å². The lowest BCUT2D eigenvalue weighted by molar-refractivity contribution is 0.523. The molecular formula is C19H20BrN5. The van der Waals surface area contributed by atoms with Crippen molar-refractivity contribution in [2.45, 2.75) is 25.8 Å². The molecule has 0 radical (unpaired) electrons. The molecule has 1 aliphatic rings. The highest BCUT2D eigenvalue weighted by Gasteiger charge is 2.20. The van der Waals surface area contributed by atoms with Crippen molar-refractivity contribution in [1.82, 2.24) is 15.0 Å². The topological polar surface area (TPSA) is 53.9 Å². The molecule has 0 amide bonds. The van der Waals surface area contributed by atoms with Gasteiger partial charge in [0.05, 0.1) is 11.2 Å². The van der Waals surface area contributed by atoms with E-state index in [1.54, 1.807) is 0 Å². The Kier molecular flexibility index (Phi) is 4.53. The van der Waals surface area contributed by atoms with E-state index in [0.717, 1.165) is 58.6 Å². The fourth-order valence-electron chi connectivity index (χ4n) is 3.30. The average molecular weight is 398 g/mol. The van der Waals surface area contributed by atoms with Gasteiger partial charge in [0.25, 0.3) is 0 Å². The Labute approximate surface area is 155 Å². The summed E-state index contributed by atoms with van der Waals surface area (Å²) < 4.78 is 0.948. The molecule has 0 atom stereocenters. The predicted octanol–water partition coefficient (Wildman–Crippen LogP) is 4.18. The smallest absolute Gasteiger partial charge is 0.128 e. The van der Waals surface area contributed by atoms with E-state index < -0.39 is 0 Å². The molecule has 0 bridgehead atoms. The molecule has 0 spiro atoms. The SMILES string of the molecule is Cc1cccc(N2CCC(Nc3ccnc4cc(Br)cnc34)CC2)n1. The van der Waals surface area contributed by atoms with Crippen molar-refractivity contribution in [2.75, 3.05) is 23.3 Å². The zero-order chi connectivity index (χ0) is 17.2. The van der Waals surface area contributed by atoms with Crippen LogP contribution in [0.2, 0.25) is 0 Å². The van der Waals surface area contributed by atoms with Crippen molar-refractivity contribution in [3.05, 3.63) is 52.9 Å². The van der Waals surface area contributed by atoms with Gasteiger partial charge in [-0.15, -0.1) is 0 Å². The number of rotatable bonds is 3. The van der Waals surface area contributed by atoms with Gasteiger partial charge >= 0.3 is 0 Å². The summed E-state index contributed by atoms with van der Waals surface area (Å²) in [5, 5.41) is 3.66. The molecular weight excluding hydrogens is 378 g/mol. The summed E-state index contributed by atoms with van der Waals surface area (Å²) in [5.74, 6) is 1.08. The van der Waals surface area contributed by atoms with Crippen LogP contribution in [0, 0.1) is 6.92 Å². The fourth-order valence-corrected chi connectivity index (χ4v) is 3.62. The lowest BCUT2D eigenvalue weighted by Gasteiger charge is -2.33. The summed E-state index contributed by atoms with van der Waals surface area (Å²) in [6.07, 6.45) is 5.82. The molecule has 1 saturated heterocycles. The normalized spacial score (nSPS) is 15.5. The number of fused-ring (bicyclic) bond motifs is 1. The molecule has 6 heteroatoms. The van der Waals surface area contributed by atoms with Gasteiger partial charge in [0.1, 0.15) is 11.3 Å². The molecule has 0 aliphatic carbocycles. The maximum Gasteiger partial charge on any atom is 0.128 e. The number of hydrogen-bond acceptors (Lipinski definition) is 5. The monoisotopic (exact) mass is 397 g/mol. The van der Waals surface area contributed by atoms with E-state index >= 15 is 0 Å². The average Bonchev–Trinajstić information content (AvgIpc) is 2.62. The number of nitrogens with zero attached hydrogens (tertiary/aromatic N) is 4. The molecule has 3 aromatic heterocycles. The third-order valence-electron chi connectivity index (χ3n) is 4.60. The molecule has 4 rings (SSSR count). The second-order valence-electron chi connectivity index (χ2n) is 6.42. The minimum Gasteiger partial charge on any atom is -0.380 e. The van der Waals surface area contributed by atoms with Gasteiger partial charge in [-0.25, -0.2) is 4.98 Å². The molecule has 1 N–H and O–H groups in total. The summed E-state index contributed by atoms with van der Waals surface area (Å²) in [6, 6.07) is 10.7. The summed E-state index contributed by atoms with van der Waals surface area (Å²) >= 11 is 3.45. The van der Waals surface area contributed by atoms with Crippen molar-refractivity contribution in [2.24, 2.45) is 0 Å². The standard InChI is InChI=1S/C19H20BrN5/c1-13-3-2-4-18(23-13)25-9-6-15(7-10-25)24-16-5-8-21-17-11-14(20)12-22-19(16)17/h2-5,8,11-12,15H,6-7,9-10H2,1H3,(H,21,24). The number of anilines is 2. The van der Waals surface area contributed by atoms with E-state index in [4.69, 9.17) is 0 Å². The Morgan fingerprint density at radius 3 is 2.80 bits per heavy atom. The number of piperidine rings is 1. The van der Waals surface area contributed by atoms with Crippen LogP contribution in [0.4, 0.5) is 11.5 Å². The minimum atomic E-state index is 0.442. The van der Waals surface area contributed by atoms with Crippen LogP contribution in [0.25, 0.3) is 11.0 Å². The summed E-state index contributed by atoms with van der Waals surface area (Å²) in [6.45, 7) is 4.06. The first kappa shape index (κ1) is 16.3. The maximum absolute atomic E-state index is 4.64. The van der Waals surface area contributed by atoms with Crippen LogP contribution >= 0.6 is 15.9 Å². The highest BCUT2D eigenvalue weighted by atomic mass is 79.9. The van der Waals surface area contributed by atoms with Crippen molar-refractivity contribution < 1.29 is 0 Å². The Morgan fingerprint density at radius 2 is 2.00 bits per heavy atom. The number of nitrogens with one attached hydrogen (secondary N) is 1. The van der Waals surface area contributed by atoms with Gasteiger partial charge in [-0.2, -0.15) is 0 Å². The zero-order valence-corrected chi connectivity index (χ0v) is 15.7. The van der Waals surface area contributed by atoms with Gasteiger partial charge in [0.2, 0.25) is 0 Å². The number of aromatic nitrogens is 3. The molecule has 128 valence electrons. The van der Waals surface area contributed by atoms with Crippen molar-refractivity contribution >= 4 is 38.5 Å². The maximum atomic E-state index is 4.64. The van der Waals surface area contributed by atoms with Gasteiger partial charge in [-0.1, -0.05) is 6.07 Å². The first-order valence-electron chi connectivity index (χ1n) is 8.54. The molecule has 5 nitrogen and oxygen atoms in total. The zero-order valence-electron chi connectivity index (χ0n) is 14.1. The van der Waals surface area contributed by atoms with E-state index in [0.29, 0.717) is 6.04 Å². The molecule has 0 saturated carbocycles. The molecule has 0 aromatic carbocycles. The van der Waals surface area contributed by atoms with Crippen LogP contribution in [0.15, 0.2) is 47.2 Å². The quantitative estimate of drug-likeness (QED) is 0.718. The van der Waals surface area contributed by atoms with E-state index in [-0.39, 0.29) is 0 Å². The molecule has 4 heterocycles. The molecule has 25 heavy (non-hydrogen) atoms. The minimum absolute atomic E-state index is 0.442. The Hall–Kier alpha value is -2.21. The second kappa shape index (κ2) is 6.96. The lowest BCUT2D eigenvalue weighted by Crippen LogP contribution is -2.39. The third kappa shape index (κ3) is 3.58. The number of aryl methyl sites for hydroxylation is 1. The first-order valence-corrected chi connectivity index (χ1v) is 9.34. The Balaban J connectivity index is 1.45. The number of halogens is 1. The fraction of sp³-hybridized carbons (Fsp3) is 0.316. The van der Waals surface area contributed by atoms with Crippen molar-refractivity contribution in [3.8, 4) is 0 Å². The van der Waals surface area contributed by atoms with Gasteiger partial charge < -0.3 is 10.2 Å². The van der Waals surface area contributed by atoms with Gasteiger partial charge in [-0.3, -0.25) is 9.97 Å². The van der Waals surface area contributed by atoms with Crippen molar-refractivity contribution in [3.63, 3.8) is 0 Å². The Bertz CT molecular complexity index is 890. The summed E-state index contributed by atoms with van der Waals surface area (Å²) in [4.78, 5) is 15.9. The van der Waals surface area contributed by atoms with Crippen molar-refractivity contribution in [1.29, 1.82) is 0 Å². The third-order valence-corrected chi connectivity index (χ3v) is 5.03. The van der Waals surface area contributed by atoms with Crippen LogP contribution in [-0.4, -0.2) is 34.1 Å². The first-order chi connectivity index (χ1) is 12.2. The molecule has 1 fully saturated rings. The summed E-state index contributed by atoms with van der Waals surface area (Å²) in [5.41, 5.74) is 3.96. The van der Waals surface area contributed by atoms with Crippen LogP contribution in [0.3, 0.4) is 0 Å². The van der Waals surface area contributed by atoms with Gasteiger partial charge in [0.15, 0.2) is 0 Å². The Morgan fingerprint density at radius 1 is 1.16 bits per heavy atom. The van der Waals surface area contributed by atoms with Crippen LogP contribution in [0.5, 0.6) is 0 Å². The lowest BCUT2D eigenvalue weighted by atomic mass is 10.0. The van der Waals surface area contributed by atoms with E-state index in [9.17, 15) is 0 Å². The van der Waals surface area contributed by atoms with Gasteiger partial charge in [0, 0.05) is 41.7 Å². The molecule has 0 unspecified atom stereocenters. The summed E-state index contributed by atoms with van der Waals surface area (Å²) in [7, 11) is 0. The highest BCUT2D eigenvalue weighted by molar-refractivity contribution is 9.10.